The van der Waals surface area contributed by atoms with Gasteiger partial charge in [0, 0.05) is 40.6 Å². The maximum Gasteiger partial charge on any atom is 0.305 e. The van der Waals surface area contributed by atoms with Gasteiger partial charge >= 0.3 is 5.97 Å². The molecule has 2 N–H and O–H groups in total. The molecule has 1 aromatic carbocycles. The van der Waals surface area contributed by atoms with Crippen molar-refractivity contribution in [2.24, 2.45) is 0 Å². The van der Waals surface area contributed by atoms with Crippen molar-refractivity contribution in [3.8, 4) is 22.8 Å². The van der Waals surface area contributed by atoms with Gasteiger partial charge in [0.05, 0.1) is 12.1 Å². The van der Waals surface area contributed by atoms with E-state index in [2.05, 4.69) is 11.4 Å². The van der Waals surface area contributed by atoms with Gasteiger partial charge in [0.2, 0.25) is 0 Å². The van der Waals surface area contributed by atoms with Gasteiger partial charge in [-0.25, -0.2) is 4.98 Å². The number of ether oxygens (including phenoxy) is 2. The quantitative estimate of drug-likeness (QED) is 0.646. The van der Waals surface area contributed by atoms with Crippen molar-refractivity contribution in [1.29, 1.82) is 0 Å². The number of aliphatic carboxylic acids is 1. The Morgan fingerprint density at radius 3 is 2.82 bits per heavy atom. The molecule has 0 amide bonds. The SMILES string of the molecule is Cc1cc(-c2csc(Nc3ccc4c(c3)OCCO4)n2)c(C)n1CCC(=O)O. The van der Waals surface area contributed by atoms with E-state index in [1.54, 1.807) is 0 Å². The maximum atomic E-state index is 10.9. The number of carboxylic acids is 1. The molecule has 0 atom stereocenters. The van der Waals surface area contributed by atoms with Crippen molar-refractivity contribution < 1.29 is 19.4 Å². The minimum atomic E-state index is -0.798. The van der Waals surface area contributed by atoms with Crippen LogP contribution in [0.1, 0.15) is 17.8 Å². The van der Waals surface area contributed by atoms with Gasteiger partial charge in [0.15, 0.2) is 16.6 Å². The van der Waals surface area contributed by atoms with Crippen molar-refractivity contribution in [2.75, 3.05) is 18.5 Å². The fourth-order valence-electron chi connectivity index (χ4n) is 3.31. The van der Waals surface area contributed by atoms with Gasteiger partial charge in [-0.15, -0.1) is 11.3 Å². The molecule has 3 aromatic rings. The lowest BCUT2D eigenvalue weighted by Crippen LogP contribution is -2.15. The van der Waals surface area contributed by atoms with Crippen LogP contribution in [-0.4, -0.2) is 33.8 Å². The number of aromatic nitrogens is 2. The monoisotopic (exact) mass is 399 g/mol. The molecule has 8 heteroatoms. The molecule has 0 radical (unpaired) electrons. The minimum Gasteiger partial charge on any atom is -0.486 e. The average Bonchev–Trinajstić information content (AvgIpc) is 3.24. The fourth-order valence-corrected chi connectivity index (χ4v) is 4.04. The van der Waals surface area contributed by atoms with Crippen LogP contribution in [0.25, 0.3) is 11.3 Å². The minimum absolute atomic E-state index is 0.101. The van der Waals surface area contributed by atoms with Gasteiger partial charge in [-0.05, 0) is 32.0 Å². The predicted molar refractivity (Wildman–Crippen MR) is 108 cm³/mol. The molecule has 0 saturated heterocycles. The lowest BCUT2D eigenvalue weighted by molar-refractivity contribution is -0.137. The molecule has 28 heavy (non-hydrogen) atoms. The Kier molecular flexibility index (Phi) is 4.95. The number of carbonyl (C=O) groups is 1. The van der Waals surface area contributed by atoms with E-state index in [1.165, 1.54) is 11.3 Å². The summed E-state index contributed by atoms with van der Waals surface area (Å²) in [5, 5.41) is 15.0. The van der Waals surface area contributed by atoms with Crippen LogP contribution in [0.4, 0.5) is 10.8 Å². The highest BCUT2D eigenvalue weighted by molar-refractivity contribution is 7.14. The molecule has 146 valence electrons. The van der Waals surface area contributed by atoms with Crippen LogP contribution in [0.3, 0.4) is 0 Å². The van der Waals surface area contributed by atoms with Gasteiger partial charge < -0.3 is 24.5 Å². The number of thiazole rings is 1. The zero-order chi connectivity index (χ0) is 19.7. The Bertz CT molecular complexity index is 1020. The molecule has 0 spiro atoms. The molecule has 7 nitrogen and oxygen atoms in total. The molecule has 1 aliphatic heterocycles. The first-order chi connectivity index (χ1) is 13.5. The van der Waals surface area contributed by atoms with Crippen LogP contribution >= 0.6 is 11.3 Å². The molecule has 1 aliphatic rings. The number of benzene rings is 1. The first-order valence-electron chi connectivity index (χ1n) is 9.02. The third kappa shape index (κ3) is 3.68. The second-order valence-corrected chi connectivity index (χ2v) is 7.46. The van der Waals surface area contributed by atoms with Crippen molar-refractivity contribution in [2.45, 2.75) is 26.8 Å². The standard InChI is InChI=1S/C20H21N3O4S/c1-12-9-15(13(2)23(12)6-5-19(24)25)16-11-28-20(22-16)21-14-3-4-17-18(10-14)27-8-7-26-17/h3-4,9-11H,5-8H2,1-2H3,(H,21,22)(H,24,25). The molecule has 4 rings (SSSR count). The molecule has 0 aliphatic carbocycles. The summed E-state index contributed by atoms with van der Waals surface area (Å²) in [6.45, 7) is 5.56. The van der Waals surface area contributed by atoms with Crippen LogP contribution in [0, 0.1) is 13.8 Å². The Labute approximate surface area is 166 Å². The van der Waals surface area contributed by atoms with Crippen molar-refractivity contribution in [1.82, 2.24) is 9.55 Å². The highest BCUT2D eigenvalue weighted by atomic mass is 32.1. The Morgan fingerprint density at radius 1 is 1.25 bits per heavy atom. The topological polar surface area (TPSA) is 85.6 Å². The first kappa shape index (κ1) is 18.4. The number of aryl methyl sites for hydroxylation is 1. The van der Waals surface area contributed by atoms with Crippen LogP contribution < -0.4 is 14.8 Å². The number of nitrogens with one attached hydrogen (secondary N) is 1. The molecular weight excluding hydrogens is 378 g/mol. The second kappa shape index (κ2) is 7.55. The van der Waals surface area contributed by atoms with E-state index in [-0.39, 0.29) is 6.42 Å². The van der Waals surface area contributed by atoms with Crippen LogP contribution in [-0.2, 0) is 11.3 Å². The number of carboxylic acid groups (broad SMARTS) is 1. The summed E-state index contributed by atoms with van der Waals surface area (Å²) in [6.07, 6.45) is 0.101. The van der Waals surface area contributed by atoms with E-state index >= 15 is 0 Å². The summed E-state index contributed by atoms with van der Waals surface area (Å²) in [5.41, 5.74) is 4.84. The van der Waals surface area contributed by atoms with E-state index in [4.69, 9.17) is 19.6 Å². The molecule has 0 saturated carbocycles. The van der Waals surface area contributed by atoms with Gasteiger partial charge in [-0.2, -0.15) is 0 Å². The average molecular weight is 399 g/mol. The normalized spacial score (nSPS) is 12.8. The van der Waals surface area contributed by atoms with Gasteiger partial charge in [0.25, 0.3) is 0 Å². The highest BCUT2D eigenvalue weighted by Crippen LogP contribution is 2.35. The summed E-state index contributed by atoms with van der Waals surface area (Å²) >= 11 is 1.52. The summed E-state index contributed by atoms with van der Waals surface area (Å²) in [5.74, 6) is 0.689. The number of anilines is 2. The lowest BCUT2D eigenvalue weighted by atomic mass is 10.2. The van der Waals surface area contributed by atoms with Gasteiger partial charge in [-0.3, -0.25) is 4.79 Å². The summed E-state index contributed by atoms with van der Waals surface area (Å²) in [6, 6.07) is 7.79. The van der Waals surface area contributed by atoms with Crippen LogP contribution in [0.2, 0.25) is 0 Å². The summed E-state index contributed by atoms with van der Waals surface area (Å²) in [4.78, 5) is 15.6. The van der Waals surface area contributed by atoms with Gasteiger partial charge in [-0.1, -0.05) is 0 Å². The van der Waals surface area contributed by atoms with Crippen molar-refractivity contribution >= 4 is 28.1 Å². The van der Waals surface area contributed by atoms with Crippen LogP contribution in [0.15, 0.2) is 29.6 Å². The number of fused-ring (bicyclic) bond motifs is 1. The van der Waals surface area contributed by atoms with Gasteiger partial charge in [0.1, 0.15) is 13.2 Å². The third-order valence-electron chi connectivity index (χ3n) is 4.70. The highest BCUT2D eigenvalue weighted by Gasteiger charge is 2.16. The second-order valence-electron chi connectivity index (χ2n) is 6.60. The van der Waals surface area contributed by atoms with Crippen LogP contribution in [0.5, 0.6) is 11.5 Å². The Hall–Kier alpha value is -3.00. The molecule has 0 fully saturated rings. The molecular formula is C20H21N3O4S. The number of hydrogen-bond acceptors (Lipinski definition) is 6. The molecule has 3 heterocycles. The molecule has 0 bridgehead atoms. The molecule has 2 aromatic heterocycles. The van der Waals surface area contributed by atoms with E-state index < -0.39 is 5.97 Å². The Balaban J connectivity index is 1.53. The number of rotatable bonds is 6. The first-order valence-corrected chi connectivity index (χ1v) is 9.90. The third-order valence-corrected chi connectivity index (χ3v) is 5.45. The molecule has 0 unspecified atom stereocenters. The largest absolute Gasteiger partial charge is 0.486 e. The number of hydrogen-bond donors (Lipinski definition) is 2. The summed E-state index contributed by atoms with van der Waals surface area (Å²) in [7, 11) is 0. The maximum absolute atomic E-state index is 10.9. The lowest BCUT2D eigenvalue weighted by Gasteiger charge is -2.18. The van der Waals surface area contributed by atoms with Crippen molar-refractivity contribution in [3.63, 3.8) is 0 Å². The Morgan fingerprint density at radius 2 is 2.04 bits per heavy atom. The van der Waals surface area contributed by atoms with E-state index in [0.717, 1.165) is 45.0 Å². The zero-order valence-corrected chi connectivity index (χ0v) is 16.5. The van der Waals surface area contributed by atoms with Crippen molar-refractivity contribution in [3.05, 3.63) is 41.0 Å². The predicted octanol–water partition coefficient (Wildman–Crippen LogP) is 4.22. The smallest absolute Gasteiger partial charge is 0.305 e. The van der Waals surface area contributed by atoms with E-state index in [0.29, 0.717) is 19.8 Å². The zero-order valence-electron chi connectivity index (χ0n) is 15.7. The summed E-state index contributed by atoms with van der Waals surface area (Å²) < 4.78 is 13.2. The number of nitrogens with zero attached hydrogens (tertiary/aromatic N) is 2. The van der Waals surface area contributed by atoms with E-state index in [1.807, 2.05) is 42.0 Å². The van der Waals surface area contributed by atoms with E-state index in [9.17, 15) is 4.79 Å². The fraction of sp³-hybridized carbons (Fsp3) is 0.300.